The minimum absolute atomic E-state index is 0.0842. The van der Waals surface area contributed by atoms with Crippen molar-refractivity contribution in [1.82, 2.24) is 5.32 Å². The van der Waals surface area contributed by atoms with Crippen molar-refractivity contribution in [2.24, 2.45) is 22.2 Å². The van der Waals surface area contributed by atoms with Gasteiger partial charge in [0.15, 0.2) is 0 Å². The number of hydrogen-bond donors (Lipinski definition) is 2. The van der Waals surface area contributed by atoms with Crippen LogP contribution in [0.3, 0.4) is 0 Å². The zero-order chi connectivity index (χ0) is 15.5. The predicted octanol–water partition coefficient (Wildman–Crippen LogP) is 2.96. The summed E-state index contributed by atoms with van der Waals surface area (Å²) in [6.45, 7) is 6.31. The van der Waals surface area contributed by atoms with Gasteiger partial charge in [-0.2, -0.15) is 0 Å². The molecular weight excluding hydrogens is 266 g/mol. The van der Waals surface area contributed by atoms with Crippen LogP contribution in [-0.2, 0) is 9.59 Å². The number of aliphatic carboxylic acids is 1. The largest absolute Gasteiger partial charge is 0.480 e. The molecule has 4 rings (SSSR count). The number of carboxylic acids is 1. The van der Waals surface area contributed by atoms with Gasteiger partial charge in [0.1, 0.15) is 6.04 Å². The number of rotatable bonds is 4. The topological polar surface area (TPSA) is 66.4 Å². The number of carbonyl (C=O) groups is 2. The van der Waals surface area contributed by atoms with E-state index in [4.69, 9.17) is 5.11 Å². The van der Waals surface area contributed by atoms with Crippen molar-refractivity contribution in [3.05, 3.63) is 0 Å². The maximum atomic E-state index is 12.3. The second-order valence-corrected chi connectivity index (χ2v) is 8.93. The van der Waals surface area contributed by atoms with Gasteiger partial charge in [-0.1, -0.05) is 13.8 Å². The van der Waals surface area contributed by atoms with Crippen LogP contribution in [0.2, 0.25) is 0 Å². The van der Waals surface area contributed by atoms with Gasteiger partial charge < -0.3 is 10.4 Å². The molecule has 4 aliphatic carbocycles. The van der Waals surface area contributed by atoms with Crippen molar-refractivity contribution >= 4 is 11.9 Å². The van der Waals surface area contributed by atoms with E-state index in [9.17, 15) is 9.59 Å². The number of nitrogens with one attached hydrogen (secondary N) is 1. The highest BCUT2D eigenvalue weighted by Crippen LogP contribution is 2.70. The molecule has 4 aliphatic rings. The first-order valence-electron chi connectivity index (χ1n) is 8.15. The molecule has 3 atom stereocenters. The summed E-state index contributed by atoms with van der Waals surface area (Å²) >= 11 is 0. The van der Waals surface area contributed by atoms with E-state index in [2.05, 4.69) is 19.2 Å². The van der Waals surface area contributed by atoms with E-state index in [1.54, 1.807) is 0 Å². The highest BCUT2D eigenvalue weighted by molar-refractivity contribution is 5.83. The standard InChI is InChI=1S/C17H27NO3/c1-11(14(20)21)18-13(19)7-17-6-12-4-15(2,9-17)8-16(3,5-12)10-17/h11-12H,4-10H2,1-3H3,(H,18,19)(H,20,21). The van der Waals surface area contributed by atoms with Crippen LogP contribution >= 0.6 is 0 Å². The van der Waals surface area contributed by atoms with Crippen LogP contribution < -0.4 is 5.32 Å². The molecule has 2 N–H and O–H groups in total. The number of amides is 1. The van der Waals surface area contributed by atoms with Gasteiger partial charge in [-0.25, -0.2) is 0 Å². The summed E-state index contributed by atoms with van der Waals surface area (Å²) in [7, 11) is 0. The Morgan fingerprint density at radius 3 is 2.19 bits per heavy atom. The molecule has 4 bridgehead atoms. The molecule has 0 aromatic carbocycles. The average Bonchev–Trinajstić information content (AvgIpc) is 2.21. The van der Waals surface area contributed by atoms with Crippen LogP contribution in [0, 0.1) is 22.2 Å². The van der Waals surface area contributed by atoms with E-state index in [0.29, 0.717) is 17.3 Å². The molecule has 4 heteroatoms. The van der Waals surface area contributed by atoms with Gasteiger partial charge in [-0.05, 0) is 67.6 Å². The Morgan fingerprint density at radius 2 is 1.71 bits per heavy atom. The molecule has 0 spiro atoms. The lowest BCUT2D eigenvalue weighted by Gasteiger charge is -2.65. The Labute approximate surface area is 126 Å². The van der Waals surface area contributed by atoms with Gasteiger partial charge in [0.2, 0.25) is 5.91 Å². The van der Waals surface area contributed by atoms with Crippen molar-refractivity contribution in [3.8, 4) is 0 Å². The van der Waals surface area contributed by atoms with E-state index in [1.807, 2.05) is 0 Å². The normalized spacial score (nSPS) is 45.4. The lowest BCUT2D eigenvalue weighted by atomic mass is 9.40. The quantitative estimate of drug-likeness (QED) is 0.837. The third kappa shape index (κ3) is 2.69. The van der Waals surface area contributed by atoms with Crippen molar-refractivity contribution in [2.75, 3.05) is 0 Å². The van der Waals surface area contributed by atoms with Crippen molar-refractivity contribution in [3.63, 3.8) is 0 Å². The van der Waals surface area contributed by atoms with E-state index in [1.165, 1.54) is 26.2 Å². The lowest BCUT2D eigenvalue weighted by molar-refractivity contribution is -0.157. The highest BCUT2D eigenvalue weighted by atomic mass is 16.4. The zero-order valence-electron chi connectivity index (χ0n) is 13.4. The molecule has 4 fully saturated rings. The maximum absolute atomic E-state index is 12.3. The van der Waals surface area contributed by atoms with Crippen LogP contribution in [0.1, 0.15) is 65.7 Å². The molecule has 0 radical (unpaired) electrons. The SMILES string of the molecule is CC(NC(=O)CC12CC3CC(C)(CC(C)(C3)C1)C2)C(=O)O. The fourth-order valence-corrected chi connectivity index (χ4v) is 6.58. The van der Waals surface area contributed by atoms with E-state index in [0.717, 1.165) is 25.2 Å². The van der Waals surface area contributed by atoms with Crippen LogP contribution in [0.5, 0.6) is 0 Å². The first-order valence-corrected chi connectivity index (χ1v) is 8.15. The van der Waals surface area contributed by atoms with Gasteiger partial charge in [-0.3, -0.25) is 9.59 Å². The van der Waals surface area contributed by atoms with Gasteiger partial charge in [-0.15, -0.1) is 0 Å². The maximum Gasteiger partial charge on any atom is 0.325 e. The minimum Gasteiger partial charge on any atom is -0.480 e. The van der Waals surface area contributed by atoms with Crippen molar-refractivity contribution in [1.29, 1.82) is 0 Å². The summed E-state index contributed by atoms with van der Waals surface area (Å²) in [6, 6.07) is -0.794. The Hall–Kier alpha value is -1.06. The van der Waals surface area contributed by atoms with Crippen molar-refractivity contribution < 1.29 is 14.7 Å². The smallest absolute Gasteiger partial charge is 0.325 e. The van der Waals surface area contributed by atoms with Crippen molar-refractivity contribution in [2.45, 2.75) is 71.8 Å². The molecule has 0 aliphatic heterocycles. The average molecular weight is 293 g/mol. The summed E-state index contributed by atoms with van der Waals surface area (Å²) in [5.74, 6) is -0.284. The highest BCUT2D eigenvalue weighted by Gasteiger charge is 2.60. The number of carbonyl (C=O) groups excluding carboxylic acids is 1. The molecular formula is C17H27NO3. The van der Waals surface area contributed by atoms with E-state index < -0.39 is 12.0 Å². The minimum atomic E-state index is -0.965. The Bertz CT molecular complexity index is 468. The third-order valence-electron chi connectivity index (χ3n) is 6.03. The summed E-state index contributed by atoms with van der Waals surface area (Å²) in [5, 5.41) is 11.6. The molecule has 0 heterocycles. The molecule has 0 saturated heterocycles. The Kier molecular flexibility index (Phi) is 3.16. The molecule has 0 aromatic heterocycles. The van der Waals surface area contributed by atoms with Crippen LogP contribution in [-0.4, -0.2) is 23.0 Å². The second-order valence-electron chi connectivity index (χ2n) is 8.93. The summed E-state index contributed by atoms with van der Waals surface area (Å²) in [5.41, 5.74) is 0.908. The van der Waals surface area contributed by atoms with E-state index >= 15 is 0 Å². The summed E-state index contributed by atoms with van der Waals surface area (Å²) in [6.07, 6.45) is 7.88. The second kappa shape index (κ2) is 4.47. The molecule has 0 aromatic rings. The predicted molar refractivity (Wildman–Crippen MR) is 79.7 cm³/mol. The van der Waals surface area contributed by atoms with E-state index in [-0.39, 0.29) is 11.3 Å². The Morgan fingerprint density at radius 1 is 1.14 bits per heavy atom. The molecule has 4 saturated carbocycles. The van der Waals surface area contributed by atoms with Gasteiger partial charge >= 0.3 is 5.97 Å². The van der Waals surface area contributed by atoms with Gasteiger partial charge in [0, 0.05) is 6.42 Å². The molecule has 21 heavy (non-hydrogen) atoms. The molecule has 3 unspecified atom stereocenters. The first-order chi connectivity index (χ1) is 9.63. The molecule has 4 nitrogen and oxygen atoms in total. The Balaban J connectivity index is 1.73. The fourth-order valence-electron chi connectivity index (χ4n) is 6.58. The zero-order valence-corrected chi connectivity index (χ0v) is 13.4. The molecule has 1 amide bonds. The van der Waals surface area contributed by atoms with Crippen LogP contribution in [0.4, 0.5) is 0 Å². The fraction of sp³-hybridized carbons (Fsp3) is 0.882. The lowest BCUT2D eigenvalue weighted by Crippen LogP contribution is -2.56. The molecule has 118 valence electrons. The third-order valence-corrected chi connectivity index (χ3v) is 6.03. The number of hydrogen-bond acceptors (Lipinski definition) is 2. The first kappa shape index (κ1) is 14.9. The van der Waals surface area contributed by atoms with Crippen LogP contribution in [0.15, 0.2) is 0 Å². The summed E-state index contributed by atoms with van der Waals surface area (Å²) < 4.78 is 0. The monoisotopic (exact) mass is 293 g/mol. The van der Waals surface area contributed by atoms with Crippen LogP contribution in [0.25, 0.3) is 0 Å². The van der Waals surface area contributed by atoms with Gasteiger partial charge in [0.05, 0.1) is 0 Å². The van der Waals surface area contributed by atoms with Gasteiger partial charge in [0.25, 0.3) is 0 Å². The summed E-state index contributed by atoms with van der Waals surface area (Å²) in [4.78, 5) is 23.2. The number of carboxylic acid groups (broad SMARTS) is 1.